The summed E-state index contributed by atoms with van der Waals surface area (Å²) in [5.41, 5.74) is 1.42. The van der Waals surface area contributed by atoms with Gasteiger partial charge in [-0.3, -0.25) is 9.59 Å². The molecule has 0 amide bonds. The number of carboxylic acid groups (broad SMARTS) is 1. The highest BCUT2D eigenvalue weighted by atomic mass is 35.5. The van der Waals surface area contributed by atoms with E-state index in [4.69, 9.17) is 26.2 Å². The van der Waals surface area contributed by atoms with E-state index in [2.05, 4.69) is 6.07 Å². The second-order valence-electron chi connectivity index (χ2n) is 8.25. The first-order valence-corrected chi connectivity index (χ1v) is 11.4. The largest absolute Gasteiger partial charge is 0.495 e. The van der Waals surface area contributed by atoms with Gasteiger partial charge < -0.3 is 19.1 Å². The molecular weight excluding hydrogens is 484 g/mol. The Balaban J connectivity index is 2.05. The van der Waals surface area contributed by atoms with Crippen LogP contribution in [0, 0.1) is 11.3 Å². The Morgan fingerprint density at radius 3 is 2.39 bits per heavy atom. The number of aromatic nitrogens is 1. The van der Waals surface area contributed by atoms with Gasteiger partial charge in [0.25, 0.3) is 5.56 Å². The van der Waals surface area contributed by atoms with Crippen LogP contribution in [0.5, 0.6) is 5.75 Å². The minimum atomic E-state index is -1.06. The highest BCUT2D eigenvalue weighted by Gasteiger charge is 2.26. The number of nitrogens with zero attached hydrogens (tertiary/aromatic N) is 2. The molecule has 1 aromatic heterocycles. The summed E-state index contributed by atoms with van der Waals surface area (Å²) in [6.07, 6.45) is 1.35. The smallest absolute Gasteiger partial charge is 0.335 e. The monoisotopic (exact) mass is 508 g/mol. The maximum absolute atomic E-state index is 13.4. The first-order chi connectivity index (χ1) is 17.2. The van der Waals surface area contributed by atoms with Crippen molar-refractivity contribution in [2.24, 2.45) is 0 Å². The Labute approximate surface area is 213 Å². The van der Waals surface area contributed by atoms with Crippen molar-refractivity contribution in [1.82, 2.24) is 4.57 Å². The number of carbonyl (C=O) groups is 2. The average molecular weight is 509 g/mol. The molecule has 2 atom stereocenters. The van der Waals surface area contributed by atoms with Crippen LogP contribution in [0.15, 0.2) is 59.5 Å². The number of carboxylic acids is 1. The van der Waals surface area contributed by atoms with Gasteiger partial charge in [0, 0.05) is 42.2 Å². The molecule has 186 valence electrons. The zero-order valence-corrected chi connectivity index (χ0v) is 20.8. The van der Waals surface area contributed by atoms with Crippen molar-refractivity contribution < 1.29 is 24.2 Å². The number of benzene rings is 2. The molecule has 0 bridgehead atoms. The molecule has 36 heavy (non-hydrogen) atoms. The van der Waals surface area contributed by atoms with Crippen molar-refractivity contribution in [3.05, 3.63) is 86.8 Å². The lowest BCUT2D eigenvalue weighted by Crippen LogP contribution is -2.33. The number of methoxy groups -OCH3 is 2. The van der Waals surface area contributed by atoms with Crippen LogP contribution in [0.3, 0.4) is 0 Å². The number of hydrogen-bond acceptors (Lipinski definition) is 6. The molecule has 3 aromatic rings. The van der Waals surface area contributed by atoms with Gasteiger partial charge in [0.1, 0.15) is 5.75 Å². The third-order valence-corrected chi connectivity index (χ3v) is 6.14. The Hall–Kier alpha value is -3.93. The summed E-state index contributed by atoms with van der Waals surface area (Å²) in [7, 11) is 2.95. The number of rotatable bonds is 10. The lowest BCUT2D eigenvalue weighted by molar-refractivity contribution is -0.122. The molecule has 3 rings (SSSR count). The second kappa shape index (κ2) is 11.7. The fraction of sp³-hybridized carbons (Fsp3) is 0.259. The lowest BCUT2D eigenvalue weighted by atomic mass is 9.97. The molecule has 1 N–H and O–H groups in total. The fourth-order valence-corrected chi connectivity index (χ4v) is 4.05. The number of pyridine rings is 1. The van der Waals surface area contributed by atoms with E-state index in [1.165, 1.54) is 43.2 Å². The van der Waals surface area contributed by atoms with Crippen molar-refractivity contribution in [1.29, 1.82) is 5.26 Å². The van der Waals surface area contributed by atoms with E-state index in [9.17, 15) is 19.6 Å². The summed E-state index contributed by atoms with van der Waals surface area (Å²) < 4.78 is 12.2. The number of ether oxygens (including phenoxy) is 2. The number of aromatic carboxylic acids is 1. The minimum absolute atomic E-state index is 0.00954. The molecule has 0 aliphatic heterocycles. The SMILES string of the molecule is COc1cn(C(C[C@H](C)OC)C(=O)Cc2ccc(C(=O)O)cc2)c(=O)cc1-c1cc(Cl)ccc1C#N. The molecule has 1 heterocycles. The van der Waals surface area contributed by atoms with Crippen LogP contribution < -0.4 is 10.3 Å². The number of ketones is 1. The Bertz CT molecular complexity index is 1370. The van der Waals surface area contributed by atoms with E-state index in [0.717, 1.165) is 0 Å². The van der Waals surface area contributed by atoms with Crippen molar-refractivity contribution in [3.63, 3.8) is 0 Å². The molecule has 9 heteroatoms. The predicted octanol–water partition coefficient (Wildman–Crippen LogP) is 4.53. The lowest BCUT2D eigenvalue weighted by Gasteiger charge is -2.23. The summed E-state index contributed by atoms with van der Waals surface area (Å²) in [5, 5.41) is 19.0. The van der Waals surface area contributed by atoms with Crippen LogP contribution in [0.1, 0.15) is 40.9 Å². The summed E-state index contributed by atoms with van der Waals surface area (Å²) in [5.74, 6) is -1.01. The van der Waals surface area contributed by atoms with Gasteiger partial charge in [0.05, 0.1) is 42.6 Å². The van der Waals surface area contributed by atoms with Gasteiger partial charge in [-0.1, -0.05) is 23.7 Å². The molecule has 0 aliphatic carbocycles. The van der Waals surface area contributed by atoms with Crippen molar-refractivity contribution >= 4 is 23.4 Å². The number of nitriles is 1. The molecule has 0 spiro atoms. The van der Waals surface area contributed by atoms with Crippen LogP contribution in [0.2, 0.25) is 5.02 Å². The highest BCUT2D eigenvalue weighted by molar-refractivity contribution is 6.31. The van der Waals surface area contributed by atoms with Gasteiger partial charge in [0.15, 0.2) is 5.78 Å². The van der Waals surface area contributed by atoms with Gasteiger partial charge in [-0.15, -0.1) is 0 Å². The second-order valence-corrected chi connectivity index (χ2v) is 8.68. The molecule has 0 saturated heterocycles. The van der Waals surface area contributed by atoms with Gasteiger partial charge in [-0.25, -0.2) is 4.79 Å². The first kappa shape index (κ1) is 26.7. The fourth-order valence-electron chi connectivity index (χ4n) is 3.88. The maximum Gasteiger partial charge on any atom is 0.335 e. The summed E-state index contributed by atoms with van der Waals surface area (Å²) in [4.78, 5) is 37.8. The molecule has 0 radical (unpaired) electrons. The summed E-state index contributed by atoms with van der Waals surface area (Å²) in [6.45, 7) is 1.80. The van der Waals surface area contributed by atoms with Gasteiger partial charge in [0.2, 0.25) is 0 Å². The van der Waals surface area contributed by atoms with E-state index in [1.807, 2.05) is 0 Å². The zero-order valence-electron chi connectivity index (χ0n) is 20.0. The van der Waals surface area contributed by atoms with Gasteiger partial charge in [-0.05, 0) is 42.8 Å². The topological polar surface area (TPSA) is 119 Å². The first-order valence-electron chi connectivity index (χ1n) is 11.1. The van der Waals surface area contributed by atoms with Gasteiger partial charge >= 0.3 is 5.97 Å². The number of carbonyl (C=O) groups excluding carboxylic acids is 1. The molecule has 2 aromatic carbocycles. The van der Waals surface area contributed by atoms with Crippen LogP contribution >= 0.6 is 11.6 Å². The molecule has 1 unspecified atom stereocenters. The average Bonchev–Trinajstić information content (AvgIpc) is 2.87. The van der Waals surface area contributed by atoms with E-state index < -0.39 is 17.6 Å². The molecular formula is C27H25ClN2O6. The zero-order chi connectivity index (χ0) is 26.4. The van der Waals surface area contributed by atoms with Crippen molar-refractivity contribution in [2.45, 2.75) is 31.9 Å². The standard InChI is InChI=1S/C27H25ClN2O6/c1-16(35-2)10-23(24(31)11-17-4-6-18(7-5-17)27(33)34)30-15-25(36-3)22(13-26(30)32)21-12-20(28)9-8-19(21)14-29/h4-9,12-13,15-16,23H,10-11H2,1-3H3,(H,33,34)/t16-,23?/m0/s1. The van der Waals surface area contributed by atoms with E-state index in [0.29, 0.717) is 33.0 Å². The van der Waals surface area contributed by atoms with Crippen LogP contribution in [0.4, 0.5) is 0 Å². The van der Waals surface area contributed by atoms with E-state index >= 15 is 0 Å². The highest BCUT2D eigenvalue weighted by Crippen LogP contribution is 2.34. The summed E-state index contributed by atoms with van der Waals surface area (Å²) >= 11 is 6.13. The van der Waals surface area contributed by atoms with Crippen molar-refractivity contribution in [2.75, 3.05) is 14.2 Å². The Morgan fingerprint density at radius 1 is 1.11 bits per heavy atom. The van der Waals surface area contributed by atoms with E-state index in [1.54, 1.807) is 37.3 Å². The number of Topliss-reactive ketones (excluding diaryl/α,β-unsaturated/α-hetero) is 1. The Kier molecular flexibility index (Phi) is 8.64. The molecule has 0 fully saturated rings. The minimum Gasteiger partial charge on any atom is -0.495 e. The van der Waals surface area contributed by atoms with E-state index in [-0.39, 0.29) is 30.3 Å². The maximum atomic E-state index is 13.4. The summed E-state index contributed by atoms with van der Waals surface area (Å²) in [6, 6.07) is 13.3. The third kappa shape index (κ3) is 6.00. The number of halogens is 1. The Morgan fingerprint density at radius 2 is 1.81 bits per heavy atom. The normalized spacial score (nSPS) is 12.4. The van der Waals surface area contributed by atoms with Crippen LogP contribution in [0.25, 0.3) is 11.1 Å². The van der Waals surface area contributed by atoms with Gasteiger partial charge in [-0.2, -0.15) is 5.26 Å². The van der Waals surface area contributed by atoms with Crippen LogP contribution in [-0.4, -0.2) is 41.7 Å². The molecule has 0 saturated carbocycles. The molecule has 8 nitrogen and oxygen atoms in total. The quantitative estimate of drug-likeness (QED) is 0.427. The predicted molar refractivity (Wildman–Crippen MR) is 135 cm³/mol. The third-order valence-electron chi connectivity index (χ3n) is 5.90. The number of hydrogen-bond donors (Lipinski definition) is 1. The van der Waals surface area contributed by atoms with Crippen LogP contribution in [-0.2, 0) is 16.0 Å². The molecule has 0 aliphatic rings. The van der Waals surface area contributed by atoms with Crippen molar-refractivity contribution in [3.8, 4) is 22.9 Å².